The van der Waals surface area contributed by atoms with Crippen LogP contribution in [0.2, 0.25) is 0 Å². The fourth-order valence-corrected chi connectivity index (χ4v) is 0.252. The van der Waals surface area contributed by atoms with Crippen molar-refractivity contribution >= 4 is 5.97 Å². The number of hydrogen-bond acceptors (Lipinski definition) is 4. The smallest absolute Gasteiger partial charge is 0.368 e. The van der Waals surface area contributed by atoms with E-state index in [1.807, 2.05) is 0 Å². The third-order valence-corrected chi connectivity index (χ3v) is 0.793. The molecule has 0 saturated heterocycles. The van der Waals surface area contributed by atoms with Crippen LogP contribution in [0, 0.1) is 0 Å². The summed E-state index contributed by atoms with van der Waals surface area (Å²) in [5, 5.41) is 0. The molecule has 0 amide bonds. The molecule has 0 spiro atoms. The summed E-state index contributed by atoms with van der Waals surface area (Å²) in [5.41, 5.74) is 0.337. The van der Waals surface area contributed by atoms with Crippen LogP contribution < -0.4 is 0 Å². The lowest BCUT2D eigenvalue weighted by Gasteiger charge is -1.97. The van der Waals surface area contributed by atoms with Crippen molar-refractivity contribution in [3.63, 3.8) is 0 Å². The summed E-state index contributed by atoms with van der Waals surface area (Å²) >= 11 is 0. The van der Waals surface area contributed by atoms with Crippen molar-refractivity contribution in [1.29, 1.82) is 0 Å². The molecule has 0 rings (SSSR count). The van der Waals surface area contributed by atoms with Gasteiger partial charge >= 0.3 is 5.97 Å². The zero-order chi connectivity index (χ0) is 11.4. The minimum absolute atomic E-state index is 0.337. The standard InChI is InChI=1S/C6H10O3.C4H6O/c1-4-8-9-6(7)5(2)3;1-3-5-4-2/h2,4H2,1,3H3;3-4H,1-2H2. The Balaban J connectivity index is 0. The van der Waals surface area contributed by atoms with Crippen LogP contribution in [0.1, 0.15) is 13.8 Å². The average molecular weight is 200 g/mol. The molecule has 0 aliphatic rings. The monoisotopic (exact) mass is 200 g/mol. The first-order valence-electron chi connectivity index (χ1n) is 3.96. The topological polar surface area (TPSA) is 44.8 Å². The highest BCUT2D eigenvalue weighted by Gasteiger charge is 2.01. The largest absolute Gasteiger partial charge is 0.474 e. The minimum atomic E-state index is -0.517. The van der Waals surface area contributed by atoms with Gasteiger partial charge in [0, 0.05) is 5.57 Å². The van der Waals surface area contributed by atoms with Gasteiger partial charge in [0.15, 0.2) is 0 Å². The minimum Gasteiger partial charge on any atom is -0.474 e. The van der Waals surface area contributed by atoms with Crippen molar-refractivity contribution in [2.24, 2.45) is 0 Å². The molecule has 0 aliphatic heterocycles. The first-order chi connectivity index (χ1) is 6.59. The molecule has 0 heterocycles. The van der Waals surface area contributed by atoms with Gasteiger partial charge < -0.3 is 4.74 Å². The summed E-state index contributed by atoms with van der Waals surface area (Å²) in [4.78, 5) is 19.0. The third kappa shape index (κ3) is 13.1. The second kappa shape index (κ2) is 11.4. The number of carbonyl (C=O) groups excluding carboxylic acids is 1. The van der Waals surface area contributed by atoms with Crippen LogP contribution in [0.5, 0.6) is 0 Å². The molecule has 0 aromatic carbocycles. The van der Waals surface area contributed by atoms with E-state index in [1.165, 1.54) is 12.5 Å². The van der Waals surface area contributed by atoms with E-state index in [-0.39, 0.29) is 0 Å². The molecular formula is C10H16O4. The molecule has 0 fully saturated rings. The molecule has 14 heavy (non-hydrogen) atoms. The van der Waals surface area contributed by atoms with Gasteiger partial charge in [-0.25, -0.2) is 4.79 Å². The van der Waals surface area contributed by atoms with E-state index in [4.69, 9.17) is 0 Å². The summed E-state index contributed by atoms with van der Waals surface area (Å²) in [6, 6.07) is 0. The Hall–Kier alpha value is -1.55. The van der Waals surface area contributed by atoms with Gasteiger partial charge in [-0.15, -0.1) is 0 Å². The molecule has 4 heteroatoms. The van der Waals surface area contributed by atoms with Crippen LogP contribution in [0.4, 0.5) is 0 Å². The van der Waals surface area contributed by atoms with Gasteiger partial charge in [-0.3, -0.25) is 4.89 Å². The maximum atomic E-state index is 10.5. The Bertz CT molecular complexity index is 190. The molecule has 0 aromatic heterocycles. The first-order valence-corrected chi connectivity index (χ1v) is 3.96. The van der Waals surface area contributed by atoms with Crippen molar-refractivity contribution in [2.75, 3.05) is 6.61 Å². The van der Waals surface area contributed by atoms with E-state index in [1.54, 1.807) is 13.8 Å². The fourth-order valence-electron chi connectivity index (χ4n) is 0.252. The Morgan fingerprint density at radius 3 is 2.07 bits per heavy atom. The van der Waals surface area contributed by atoms with Crippen LogP contribution in [0.15, 0.2) is 37.8 Å². The SMILES string of the molecule is C=C(C)C(=O)OOCC.C=COC=C. The number of ether oxygens (including phenoxy) is 1. The van der Waals surface area contributed by atoms with Crippen LogP contribution in [-0.2, 0) is 19.3 Å². The van der Waals surface area contributed by atoms with Gasteiger partial charge in [0.1, 0.15) is 0 Å². The number of rotatable bonds is 5. The zero-order valence-corrected chi connectivity index (χ0v) is 8.62. The predicted molar refractivity (Wildman–Crippen MR) is 54.0 cm³/mol. The summed E-state index contributed by atoms with van der Waals surface area (Å²) < 4.78 is 4.36. The summed E-state index contributed by atoms with van der Waals surface area (Å²) in [6.07, 6.45) is 2.62. The Kier molecular flexibility index (Phi) is 12.2. The summed E-state index contributed by atoms with van der Waals surface area (Å²) in [7, 11) is 0. The summed E-state index contributed by atoms with van der Waals surface area (Å²) in [6.45, 7) is 13.5. The molecule has 0 saturated carbocycles. The van der Waals surface area contributed by atoms with Gasteiger partial charge in [0.05, 0.1) is 19.1 Å². The molecule has 0 unspecified atom stereocenters. The Morgan fingerprint density at radius 1 is 1.36 bits per heavy atom. The van der Waals surface area contributed by atoms with Crippen molar-refractivity contribution in [1.82, 2.24) is 0 Å². The van der Waals surface area contributed by atoms with Gasteiger partial charge in [0.2, 0.25) is 0 Å². The lowest BCUT2D eigenvalue weighted by molar-refractivity contribution is -0.265. The van der Waals surface area contributed by atoms with E-state index in [2.05, 4.69) is 34.2 Å². The van der Waals surface area contributed by atoms with E-state index in [9.17, 15) is 4.79 Å². The summed E-state index contributed by atoms with van der Waals surface area (Å²) in [5.74, 6) is -0.517. The first kappa shape index (κ1) is 14.9. The lowest BCUT2D eigenvalue weighted by atomic mass is 10.4. The third-order valence-electron chi connectivity index (χ3n) is 0.793. The number of hydrogen-bond donors (Lipinski definition) is 0. The molecule has 0 radical (unpaired) electrons. The average Bonchev–Trinajstić information content (AvgIpc) is 2.16. The second-order valence-electron chi connectivity index (χ2n) is 2.03. The van der Waals surface area contributed by atoms with Crippen LogP contribution >= 0.6 is 0 Å². The molecule has 80 valence electrons. The molecule has 4 nitrogen and oxygen atoms in total. The second-order valence-corrected chi connectivity index (χ2v) is 2.03. The number of carbonyl (C=O) groups is 1. The lowest BCUT2D eigenvalue weighted by Crippen LogP contribution is -2.05. The Labute approximate surface area is 84.4 Å². The van der Waals surface area contributed by atoms with Crippen molar-refractivity contribution in [3.05, 3.63) is 37.8 Å². The van der Waals surface area contributed by atoms with E-state index >= 15 is 0 Å². The Morgan fingerprint density at radius 2 is 1.86 bits per heavy atom. The van der Waals surface area contributed by atoms with Crippen LogP contribution in [-0.4, -0.2) is 12.6 Å². The maximum Gasteiger partial charge on any atom is 0.368 e. The van der Waals surface area contributed by atoms with Crippen LogP contribution in [0.3, 0.4) is 0 Å². The van der Waals surface area contributed by atoms with Gasteiger partial charge in [-0.2, -0.15) is 4.89 Å². The molecule has 0 atom stereocenters. The predicted octanol–water partition coefficient (Wildman–Crippen LogP) is 2.35. The molecule has 0 aliphatic carbocycles. The van der Waals surface area contributed by atoms with Gasteiger partial charge in [0.25, 0.3) is 0 Å². The van der Waals surface area contributed by atoms with E-state index in [0.29, 0.717) is 12.2 Å². The quantitative estimate of drug-likeness (QED) is 0.296. The fraction of sp³-hybridized carbons (Fsp3) is 0.300. The highest BCUT2D eigenvalue weighted by atomic mass is 17.2. The van der Waals surface area contributed by atoms with E-state index < -0.39 is 5.97 Å². The van der Waals surface area contributed by atoms with Crippen molar-refractivity contribution < 1.29 is 19.3 Å². The molecular weight excluding hydrogens is 184 g/mol. The van der Waals surface area contributed by atoms with Crippen molar-refractivity contribution in [3.8, 4) is 0 Å². The normalized spacial score (nSPS) is 7.57. The molecule has 0 N–H and O–H groups in total. The van der Waals surface area contributed by atoms with Crippen molar-refractivity contribution in [2.45, 2.75) is 13.8 Å². The van der Waals surface area contributed by atoms with Crippen LogP contribution in [0.25, 0.3) is 0 Å². The van der Waals surface area contributed by atoms with Gasteiger partial charge in [-0.05, 0) is 13.8 Å². The highest BCUT2D eigenvalue weighted by molar-refractivity contribution is 5.86. The zero-order valence-electron chi connectivity index (χ0n) is 8.62. The highest BCUT2D eigenvalue weighted by Crippen LogP contribution is 1.91. The van der Waals surface area contributed by atoms with E-state index in [0.717, 1.165) is 0 Å². The molecule has 0 aromatic rings. The maximum absolute atomic E-state index is 10.5. The molecule has 0 bridgehead atoms. The van der Waals surface area contributed by atoms with Gasteiger partial charge in [-0.1, -0.05) is 19.7 Å².